The number of aromatic hydroxyl groups is 2. The van der Waals surface area contributed by atoms with Crippen LogP contribution in [0.1, 0.15) is 43.7 Å². The summed E-state index contributed by atoms with van der Waals surface area (Å²) in [4.78, 5) is 13.0. The number of hydrogen-bond donors (Lipinski definition) is 3. The van der Waals surface area contributed by atoms with E-state index in [4.69, 9.17) is 0 Å². The van der Waals surface area contributed by atoms with Gasteiger partial charge in [-0.05, 0) is 65.3 Å². The van der Waals surface area contributed by atoms with Gasteiger partial charge in [-0.3, -0.25) is 4.79 Å². The molecule has 3 N–H and O–H groups in total. The van der Waals surface area contributed by atoms with Crippen LogP contribution in [-0.4, -0.2) is 16.1 Å². The number of carbonyl (C=O) groups is 1. The first-order chi connectivity index (χ1) is 14.3. The van der Waals surface area contributed by atoms with Crippen molar-refractivity contribution in [1.82, 2.24) is 0 Å². The second kappa shape index (κ2) is 7.48. The molecule has 0 aromatic heterocycles. The number of hydrogen-bond acceptors (Lipinski definition) is 3. The Kier molecular flexibility index (Phi) is 4.98. The number of anilines is 1. The molecule has 3 aromatic rings. The SMILES string of the molecule is CC(C)c1ccccc1-c1ccc(F)c(NC(=O)C2(c3ccc(O)c(O)c3)CC2)c1. The Morgan fingerprint density at radius 1 is 1.00 bits per heavy atom. The van der Waals surface area contributed by atoms with Gasteiger partial charge in [0, 0.05) is 0 Å². The molecule has 0 spiro atoms. The summed E-state index contributed by atoms with van der Waals surface area (Å²) in [6, 6.07) is 17.1. The normalized spacial score (nSPS) is 14.5. The minimum Gasteiger partial charge on any atom is -0.504 e. The zero-order valence-electron chi connectivity index (χ0n) is 16.9. The van der Waals surface area contributed by atoms with Gasteiger partial charge in [0.15, 0.2) is 11.5 Å². The molecule has 1 aliphatic rings. The topological polar surface area (TPSA) is 69.6 Å². The van der Waals surface area contributed by atoms with E-state index in [-0.39, 0.29) is 23.1 Å². The van der Waals surface area contributed by atoms with Crippen molar-refractivity contribution >= 4 is 11.6 Å². The molecule has 0 bridgehead atoms. The summed E-state index contributed by atoms with van der Waals surface area (Å²) in [5, 5.41) is 22.1. The quantitative estimate of drug-likeness (QED) is 0.477. The van der Waals surface area contributed by atoms with Gasteiger partial charge < -0.3 is 15.5 Å². The van der Waals surface area contributed by atoms with Crippen LogP contribution in [-0.2, 0) is 10.2 Å². The molecule has 0 heterocycles. The maximum Gasteiger partial charge on any atom is 0.235 e. The van der Waals surface area contributed by atoms with Crippen LogP contribution >= 0.6 is 0 Å². The smallest absolute Gasteiger partial charge is 0.235 e. The number of nitrogens with one attached hydrogen (secondary N) is 1. The van der Waals surface area contributed by atoms with Crippen molar-refractivity contribution in [2.45, 2.75) is 38.0 Å². The van der Waals surface area contributed by atoms with Crippen molar-refractivity contribution in [3.8, 4) is 22.6 Å². The van der Waals surface area contributed by atoms with Crippen LogP contribution in [0.2, 0.25) is 0 Å². The van der Waals surface area contributed by atoms with Crippen LogP contribution < -0.4 is 5.32 Å². The van der Waals surface area contributed by atoms with Gasteiger partial charge in [0.2, 0.25) is 5.91 Å². The third kappa shape index (κ3) is 3.52. The lowest BCUT2D eigenvalue weighted by molar-refractivity contribution is -0.118. The van der Waals surface area contributed by atoms with Gasteiger partial charge >= 0.3 is 0 Å². The second-order valence-corrected chi connectivity index (χ2v) is 8.18. The zero-order chi connectivity index (χ0) is 21.5. The van der Waals surface area contributed by atoms with Gasteiger partial charge in [-0.15, -0.1) is 0 Å². The van der Waals surface area contributed by atoms with Gasteiger partial charge in [0.05, 0.1) is 11.1 Å². The summed E-state index contributed by atoms with van der Waals surface area (Å²) >= 11 is 0. The van der Waals surface area contributed by atoms with Crippen molar-refractivity contribution in [3.05, 3.63) is 77.6 Å². The lowest BCUT2D eigenvalue weighted by atomic mass is 9.92. The molecule has 4 rings (SSSR count). The predicted molar refractivity (Wildman–Crippen MR) is 115 cm³/mol. The summed E-state index contributed by atoms with van der Waals surface area (Å²) in [5.74, 6) is -1.02. The molecule has 0 saturated heterocycles. The second-order valence-electron chi connectivity index (χ2n) is 8.18. The number of halogens is 1. The standard InChI is InChI=1S/C25H24FNO3/c1-15(2)18-5-3-4-6-19(18)16-7-9-20(26)21(13-16)27-24(30)25(11-12-25)17-8-10-22(28)23(29)14-17/h3-10,13-15,28-29H,11-12H2,1-2H3,(H,27,30). The molecular formula is C25H24FNO3. The van der Waals surface area contributed by atoms with Gasteiger partial charge in [-0.2, -0.15) is 0 Å². The van der Waals surface area contributed by atoms with Crippen LogP contribution in [0.15, 0.2) is 60.7 Å². The first-order valence-electron chi connectivity index (χ1n) is 10.0. The van der Waals surface area contributed by atoms with Crippen molar-refractivity contribution in [2.24, 2.45) is 0 Å². The van der Waals surface area contributed by atoms with Gasteiger partial charge in [-0.25, -0.2) is 4.39 Å². The number of amides is 1. The molecule has 0 radical (unpaired) electrons. The Balaban J connectivity index is 1.65. The average Bonchev–Trinajstić information content (AvgIpc) is 3.54. The van der Waals surface area contributed by atoms with Gasteiger partial charge in [0.25, 0.3) is 0 Å². The van der Waals surface area contributed by atoms with Crippen molar-refractivity contribution in [2.75, 3.05) is 5.32 Å². The van der Waals surface area contributed by atoms with Crippen molar-refractivity contribution < 1.29 is 19.4 Å². The third-order valence-corrected chi connectivity index (χ3v) is 5.82. The van der Waals surface area contributed by atoms with E-state index in [1.54, 1.807) is 18.2 Å². The summed E-state index contributed by atoms with van der Waals surface area (Å²) < 4.78 is 14.5. The molecule has 4 nitrogen and oxygen atoms in total. The molecule has 5 heteroatoms. The summed E-state index contributed by atoms with van der Waals surface area (Å²) in [7, 11) is 0. The fraction of sp³-hybridized carbons (Fsp3) is 0.240. The van der Waals surface area contributed by atoms with E-state index in [0.29, 0.717) is 24.3 Å². The molecule has 1 amide bonds. The van der Waals surface area contributed by atoms with E-state index < -0.39 is 11.2 Å². The summed E-state index contributed by atoms with van der Waals surface area (Å²) in [5.41, 5.74) is 2.92. The van der Waals surface area contributed by atoms with E-state index in [1.165, 1.54) is 18.2 Å². The molecule has 0 atom stereocenters. The highest BCUT2D eigenvalue weighted by atomic mass is 19.1. The molecule has 30 heavy (non-hydrogen) atoms. The maximum absolute atomic E-state index is 14.5. The average molecular weight is 405 g/mol. The maximum atomic E-state index is 14.5. The van der Waals surface area contributed by atoms with Crippen LogP contribution in [0.4, 0.5) is 10.1 Å². The molecule has 1 aliphatic carbocycles. The number of rotatable bonds is 5. The monoisotopic (exact) mass is 405 g/mol. The highest BCUT2D eigenvalue weighted by molar-refractivity contribution is 6.02. The van der Waals surface area contributed by atoms with E-state index in [9.17, 15) is 19.4 Å². The largest absolute Gasteiger partial charge is 0.504 e. The Hall–Kier alpha value is -3.34. The van der Waals surface area contributed by atoms with Crippen LogP contribution in [0.5, 0.6) is 11.5 Å². The third-order valence-electron chi connectivity index (χ3n) is 5.82. The minimum atomic E-state index is -0.816. The Bertz CT molecular complexity index is 1120. The highest BCUT2D eigenvalue weighted by Crippen LogP contribution is 2.50. The van der Waals surface area contributed by atoms with E-state index in [0.717, 1.165) is 16.7 Å². The molecule has 1 saturated carbocycles. The number of carbonyl (C=O) groups excluding carboxylic acids is 1. The first-order valence-corrected chi connectivity index (χ1v) is 10.0. The van der Waals surface area contributed by atoms with Crippen LogP contribution in [0.3, 0.4) is 0 Å². The van der Waals surface area contributed by atoms with E-state index in [2.05, 4.69) is 25.2 Å². The number of benzene rings is 3. The number of phenols is 2. The predicted octanol–water partition coefficient (Wildman–Crippen LogP) is 5.70. The van der Waals surface area contributed by atoms with Crippen molar-refractivity contribution in [3.63, 3.8) is 0 Å². The van der Waals surface area contributed by atoms with E-state index >= 15 is 0 Å². The fourth-order valence-electron chi connectivity index (χ4n) is 3.89. The fourth-order valence-corrected chi connectivity index (χ4v) is 3.89. The first kappa shape index (κ1) is 20.0. The molecule has 0 unspecified atom stereocenters. The molecule has 1 fully saturated rings. The molecule has 0 aliphatic heterocycles. The zero-order valence-corrected chi connectivity index (χ0v) is 16.9. The van der Waals surface area contributed by atoms with E-state index in [1.807, 2.05) is 18.2 Å². The summed E-state index contributed by atoms with van der Waals surface area (Å²) in [6.07, 6.45) is 1.20. The summed E-state index contributed by atoms with van der Waals surface area (Å²) in [6.45, 7) is 4.21. The Morgan fingerprint density at radius 2 is 1.73 bits per heavy atom. The highest BCUT2D eigenvalue weighted by Gasteiger charge is 2.51. The van der Waals surface area contributed by atoms with Gasteiger partial charge in [-0.1, -0.05) is 50.2 Å². The van der Waals surface area contributed by atoms with Crippen molar-refractivity contribution in [1.29, 1.82) is 0 Å². The number of phenolic OH excluding ortho intramolecular Hbond substituents is 2. The Morgan fingerprint density at radius 3 is 2.40 bits per heavy atom. The van der Waals surface area contributed by atoms with Crippen LogP contribution in [0.25, 0.3) is 11.1 Å². The Labute approximate surface area is 175 Å². The molecule has 154 valence electrons. The van der Waals surface area contributed by atoms with Crippen LogP contribution in [0, 0.1) is 5.82 Å². The van der Waals surface area contributed by atoms with Gasteiger partial charge in [0.1, 0.15) is 5.82 Å². The lowest BCUT2D eigenvalue weighted by Crippen LogP contribution is -2.28. The lowest BCUT2D eigenvalue weighted by Gasteiger charge is -2.18. The molecular weight excluding hydrogens is 381 g/mol. The minimum absolute atomic E-state index is 0.130. The molecule has 3 aromatic carbocycles.